The number of hydrogen-bond donors (Lipinski definition) is 2. The number of anilines is 2. The molecule has 2 rings (SSSR count). The molecule has 2 aromatic rings. The Kier molecular flexibility index (Phi) is 5.25. The van der Waals surface area contributed by atoms with Crippen molar-refractivity contribution in [2.75, 3.05) is 10.6 Å². The van der Waals surface area contributed by atoms with Crippen LogP contribution in [0.1, 0.15) is 17.5 Å². The van der Waals surface area contributed by atoms with Crippen LogP contribution in [0.2, 0.25) is 0 Å². The zero-order valence-corrected chi connectivity index (χ0v) is 13.1. The predicted molar refractivity (Wildman–Crippen MR) is 89.2 cm³/mol. The summed E-state index contributed by atoms with van der Waals surface area (Å²) in [7, 11) is 0. The van der Waals surface area contributed by atoms with Crippen LogP contribution in [-0.2, 0) is 14.4 Å². The van der Waals surface area contributed by atoms with E-state index < -0.39 is 24.0 Å². The first kappa shape index (κ1) is 16.4. The largest absolute Gasteiger partial charge is 0.326 e. The molecule has 0 aromatic heterocycles. The topological polar surface area (TPSA) is 75.3 Å². The first-order chi connectivity index (χ1) is 11.0. The van der Waals surface area contributed by atoms with E-state index in [4.69, 9.17) is 0 Å². The van der Waals surface area contributed by atoms with Crippen LogP contribution in [0.5, 0.6) is 0 Å². The number of carbonyl (C=O) groups is 3. The monoisotopic (exact) mass is 310 g/mol. The molecule has 118 valence electrons. The summed E-state index contributed by atoms with van der Waals surface area (Å²) in [4.78, 5) is 35.5. The number of Topliss-reactive ketones (excluding diaryl/α,β-unsaturated/α-hetero) is 1. The highest BCUT2D eigenvalue weighted by molar-refractivity contribution is 6.43. The average Bonchev–Trinajstić information content (AvgIpc) is 2.50. The van der Waals surface area contributed by atoms with Crippen molar-refractivity contribution < 1.29 is 14.4 Å². The molecule has 0 atom stereocenters. The molecule has 2 N–H and O–H groups in total. The molecule has 2 amide bonds. The SMILES string of the molecule is Cc1ccc(NC(=O)C(=O)CC(=O)Nc2ccccc2)c(C)c1. The lowest BCUT2D eigenvalue weighted by Crippen LogP contribution is -2.27. The van der Waals surface area contributed by atoms with Gasteiger partial charge in [0.25, 0.3) is 5.91 Å². The van der Waals surface area contributed by atoms with Gasteiger partial charge in [-0.3, -0.25) is 14.4 Å². The second-order valence-corrected chi connectivity index (χ2v) is 5.29. The molecule has 0 spiro atoms. The van der Waals surface area contributed by atoms with Crippen LogP contribution in [0.4, 0.5) is 11.4 Å². The van der Waals surface area contributed by atoms with Gasteiger partial charge in [-0.25, -0.2) is 0 Å². The predicted octanol–water partition coefficient (Wildman–Crippen LogP) is 2.84. The maximum atomic E-state index is 11.9. The minimum Gasteiger partial charge on any atom is -0.326 e. The van der Waals surface area contributed by atoms with Crippen molar-refractivity contribution in [1.29, 1.82) is 0 Å². The number of rotatable bonds is 5. The van der Waals surface area contributed by atoms with Gasteiger partial charge < -0.3 is 10.6 Å². The third-order valence-electron chi connectivity index (χ3n) is 3.26. The highest BCUT2D eigenvalue weighted by Gasteiger charge is 2.18. The second-order valence-electron chi connectivity index (χ2n) is 5.29. The van der Waals surface area contributed by atoms with Crippen molar-refractivity contribution >= 4 is 29.0 Å². The molecule has 2 aromatic carbocycles. The summed E-state index contributed by atoms with van der Waals surface area (Å²) in [5.74, 6) is -2.09. The van der Waals surface area contributed by atoms with E-state index in [-0.39, 0.29) is 0 Å². The molecule has 5 heteroatoms. The molecule has 0 aliphatic heterocycles. The molecule has 0 heterocycles. The molecule has 0 radical (unpaired) electrons. The first-order valence-corrected chi connectivity index (χ1v) is 7.22. The normalized spacial score (nSPS) is 10.0. The highest BCUT2D eigenvalue weighted by Crippen LogP contribution is 2.16. The van der Waals surface area contributed by atoms with Crippen LogP contribution >= 0.6 is 0 Å². The van der Waals surface area contributed by atoms with Crippen LogP contribution in [-0.4, -0.2) is 17.6 Å². The van der Waals surface area contributed by atoms with Crippen molar-refractivity contribution in [3.63, 3.8) is 0 Å². The zero-order valence-electron chi connectivity index (χ0n) is 13.1. The summed E-state index contributed by atoms with van der Waals surface area (Å²) in [6.45, 7) is 3.78. The van der Waals surface area contributed by atoms with Gasteiger partial charge in [-0.15, -0.1) is 0 Å². The van der Waals surface area contributed by atoms with E-state index >= 15 is 0 Å². The lowest BCUT2D eigenvalue weighted by atomic mass is 10.1. The van der Waals surface area contributed by atoms with Crippen molar-refractivity contribution in [3.05, 3.63) is 59.7 Å². The molecule has 5 nitrogen and oxygen atoms in total. The van der Waals surface area contributed by atoms with E-state index in [1.165, 1.54) is 0 Å². The summed E-state index contributed by atoms with van der Waals surface area (Å²) in [5, 5.41) is 5.11. The van der Waals surface area contributed by atoms with Crippen molar-refractivity contribution in [3.8, 4) is 0 Å². The van der Waals surface area contributed by atoms with E-state index in [2.05, 4.69) is 10.6 Å². The Morgan fingerprint density at radius 3 is 2.26 bits per heavy atom. The van der Waals surface area contributed by atoms with Crippen LogP contribution in [0.25, 0.3) is 0 Å². The number of hydrogen-bond acceptors (Lipinski definition) is 3. The maximum absolute atomic E-state index is 11.9. The van der Waals surface area contributed by atoms with Crippen LogP contribution < -0.4 is 10.6 Å². The number of carbonyl (C=O) groups excluding carboxylic acids is 3. The molecule has 0 saturated carbocycles. The van der Waals surface area contributed by atoms with E-state index in [0.717, 1.165) is 11.1 Å². The molecule has 0 unspecified atom stereocenters. The van der Waals surface area contributed by atoms with Crippen LogP contribution in [0.3, 0.4) is 0 Å². The Morgan fingerprint density at radius 2 is 1.61 bits per heavy atom. The number of aryl methyl sites for hydroxylation is 2. The fraction of sp³-hybridized carbons (Fsp3) is 0.167. The van der Waals surface area contributed by atoms with Crippen LogP contribution in [0, 0.1) is 13.8 Å². The van der Waals surface area contributed by atoms with Gasteiger partial charge in [-0.2, -0.15) is 0 Å². The standard InChI is InChI=1S/C18H18N2O3/c1-12-8-9-15(13(2)10-12)20-18(23)16(21)11-17(22)19-14-6-4-3-5-7-14/h3-10H,11H2,1-2H3,(H,19,22)(H,20,23). The number of benzene rings is 2. The smallest absolute Gasteiger partial charge is 0.292 e. The van der Waals surface area contributed by atoms with E-state index in [1.54, 1.807) is 30.3 Å². The quantitative estimate of drug-likeness (QED) is 0.658. The summed E-state index contributed by atoms with van der Waals surface area (Å²) < 4.78 is 0. The van der Waals surface area contributed by atoms with Gasteiger partial charge in [0.1, 0.15) is 0 Å². The Labute approximate surface area is 134 Å². The molecule has 23 heavy (non-hydrogen) atoms. The minimum absolute atomic E-state index is 0.494. The van der Waals surface area contributed by atoms with E-state index in [0.29, 0.717) is 11.4 Å². The second kappa shape index (κ2) is 7.35. The van der Waals surface area contributed by atoms with Crippen molar-refractivity contribution in [2.45, 2.75) is 20.3 Å². The van der Waals surface area contributed by atoms with Gasteiger partial charge in [-0.1, -0.05) is 35.9 Å². The molecule has 0 aliphatic carbocycles. The van der Waals surface area contributed by atoms with Gasteiger partial charge in [0.2, 0.25) is 11.7 Å². The third kappa shape index (κ3) is 4.78. The highest BCUT2D eigenvalue weighted by atomic mass is 16.2. The third-order valence-corrected chi connectivity index (χ3v) is 3.26. The van der Waals surface area contributed by atoms with Gasteiger partial charge >= 0.3 is 0 Å². The fourth-order valence-electron chi connectivity index (χ4n) is 2.10. The average molecular weight is 310 g/mol. The summed E-state index contributed by atoms with van der Waals surface area (Å²) in [5.41, 5.74) is 3.08. The Hall–Kier alpha value is -2.95. The van der Waals surface area contributed by atoms with E-state index in [1.807, 2.05) is 32.0 Å². The lowest BCUT2D eigenvalue weighted by Gasteiger charge is -2.08. The first-order valence-electron chi connectivity index (χ1n) is 7.22. The summed E-state index contributed by atoms with van der Waals surface area (Å²) in [6, 6.07) is 14.3. The van der Waals surface area contributed by atoms with Gasteiger partial charge in [-0.05, 0) is 37.6 Å². The number of amides is 2. The van der Waals surface area contributed by atoms with Gasteiger partial charge in [0.05, 0.1) is 6.42 Å². The Balaban J connectivity index is 1.92. The summed E-state index contributed by atoms with van der Waals surface area (Å²) >= 11 is 0. The fourth-order valence-corrected chi connectivity index (χ4v) is 2.10. The summed E-state index contributed by atoms with van der Waals surface area (Å²) in [6.07, 6.45) is -0.494. The van der Waals surface area contributed by atoms with Crippen molar-refractivity contribution in [1.82, 2.24) is 0 Å². The number of ketones is 1. The number of nitrogens with one attached hydrogen (secondary N) is 2. The van der Waals surface area contributed by atoms with E-state index in [9.17, 15) is 14.4 Å². The van der Waals surface area contributed by atoms with Crippen molar-refractivity contribution in [2.24, 2.45) is 0 Å². The van der Waals surface area contributed by atoms with Gasteiger partial charge in [0.15, 0.2) is 0 Å². The molecule has 0 bridgehead atoms. The molecule has 0 aliphatic rings. The molecule has 0 fully saturated rings. The minimum atomic E-state index is -0.792. The zero-order chi connectivity index (χ0) is 16.8. The molecular formula is C18H18N2O3. The molecular weight excluding hydrogens is 292 g/mol. The maximum Gasteiger partial charge on any atom is 0.292 e. The number of para-hydroxylation sites is 1. The lowest BCUT2D eigenvalue weighted by molar-refractivity contribution is -0.136. The molecule has 0 saturated heterocycles. The van der Waals surface area contributed by atoms with Gasteiger partial charge in [0, 0.05) is 11.4 Å². The Morgan fingerprint density at radius 1 is 0.913 bits per heavy atom. The Bertz CT molecular complexity index is 739. The van der Waals surface area contributed by atoms with Crippen LogP contribution in [0.15, 0.2) is 48.5 Å².